The van der Waals surface area contributed by atoms with Crippen molar-refractivity contribution in [1.29, 1.82) is 0 Å². The summed E-state index contributed by atoms with van der Waals surface area (Å²) in [4.78, 5) is 12.3. The third-order valence-electron chi connectivity index (χ3n) is 5.10. The Morgan fingerprint density at radius 3 is 2.67 bits per heavy atom. The lowest BCUT2D eigenvalue weighted by Crippen LogP contribution is -2.48. The molecule has 0 aromatic heterocycles. The molecular weight excluding hydrogens is 260 g/mol. The molecule has 3 nitrogen and oxygen atoms in total. The van der Waals surface area contributed by atoms with Gasteiger partial charge in [0.1, 0.15) is 0 Å². The highest BCUT2D eigenvalue weighted by atomic mass is 16.2. The van der Waals surface area contributed by atoms with Crippen LogP contribution >= 0.6 is 0 Å². The van der Waals surface area contributed by atoms with Gasteiger partial charge in [-0.1, -0.05) is 44.0 Å². The van der Waals surface area contributed by atoms with Gasteiger partial charge < -0.3 is 10.6 Å². The SMILES string of the molecule is CC1CCC(CNC(=O)[C@@H]2Cc3ccccc3CN2)CC1. The minimum absolute atomic E-state index is 0.0672. The minimum Gasteiger partial charge on any atom is -0.354 e. The lowest BCUT2D eigenvalue weighted by atomic mass is 9.83. The number of amides is 1. The van der Waals surface area contributed by atoms with Crippen molar-refractivity contribution in [2.45, 2.75) is 51.6 Å². The van der Waals surface area contributed by atoms with Crippen LogP contribution in [0.15, 0.2) is 24.3 Å². The number of carbonyl (C=O) groups excluding carboxylic acids is 1. The maximum absolute atomic E-state index is 12.3. The largest absolute Gasteiger partial charge is 0.354 e. The van der Waals surface area contributed by atoms with Crippen LogP contribution in [0.3, 0.4) is 0 Å². The fourth-order valence-electron chi connectivity index (χ4n) is 3.54. The number of rotatable bonds is 3. The molecule has 1 saturated carbocycles. The van der Waals surface area contributed by atoms with Crippen LogP contribution in [0, 0.1) is 11.8 Å². The van der Waals surface area contributed by atoms with Gasteiger partial charge in [-0.2, -0.15) is 0 Å². The molecule has 1 aromatic carbocycles. The zero-order chi connectivity index (χ0) is 14.7. The minimum atomic E-state index is -0.0672. The van der Waals surface area contributed by atoms with E-state index < -0.39 is 0 Å². The van der Waals surface area contributed by atoms with Gasteiger partial charge in [0.05, 0.1) is 6.04 Å². The summed E-state index contributed by atoms with van der Waals surface area (Å²) in [5, 5.41) is 6.52. The van der Waals surface area contributed by atoms with Gasteiger partial charge in [-0.15, -0.1) is 0 Å². The molecule has 1 atom stereocenters. The van der Waals surface area contributed by atoms with Gasteiger partial charge in [-0.25, -0.2) is 0 Å². The Morgan fingerprint density at radius 1 is 1.19 bits per heavy atom. The van der Waals surface area contributed by atoms with Gasteiger partial charge in [-0.3, -0.25) is 4.79 Å². The van der Waals surface area contributed by atoms with E-state index in [1.807, 2.05) is 0 Å². The molecule has 1 aliphatic heterocycles. The highest BCUT2D eigenvalue weighted by molar-refractivity contribution is 5.82. The van der Waals surface area contributed by atoms with Crippen LogP contribution in [-0.4, -0.2) is 18.5 Å². The molecule has 1 aromatic rings. The highest BCUT2D eigenvalue weighted by Gasteiger charge is 2.25. The number of carbonyl (C=O) groups is 1. The standard InChI is InChI=1S/C18H26N2O/c1-13-6-8-14(9-7-13)11-20-18(21)17-10-15-4-2-3-5-16(15)12-19-17/h2-5,13-14,17,19H,6-12H2,1H3,(H,20,21)/t13?,14?,17-/m0/s1. The smallest absolute Gasteiger partial charge is 0.237 e. The van der Waals surface area contributed by atoms with Crippen LogP contribution in [0.1, 0.15) is 43.7 Å². The molecular formula is C18H26N2O. The first-order valence-corrected chi connectivity index (χ1v) is 8.30. The molecule has 1 aliphatic carbocycles. The van der Waals surface area contributed by atoms with Crippen LogP contribution in [-0.2, 0) is 17.8 Å². The van der Waals surface area contributed by atoms with E-state index in [0.29, 0.717) is 5.92 Å². The summed E-state index contributed by atoms with van der Waals surface area (Å²) in [5.74, 6) is 1.72. The van der Waals surface area contributed by atoms with Gasteiger partial charge in [-0.05, 0) is 42.2 Å². The fraction of sp³-hybridized carbons (Fsp3) is 0.611. The fourth-order valence-corrected chi connectivity index (χ4v) is 3.54. The molecule has 3 heteroatoms. The van der Waals surface area contributed by atoms with Gasteiger partial charge in [0, 0.05) is 13.1 Å². The van der Waals surface area contributed by atoms with Crippen LogP contribution in [0.2, 0.25) is 0 Å². The van der Waals surface area contributed by atoms with Crippen molar-refractivity contribution in [3.63, 3.8) is 0 Å². The van der Waals surface area contributed by atoms with Crippen molar-refractivity contribution >= 4 is 5.91 Å². The van der Waals surface area contributed by atoms with Crippen molar-refractivity contribution in [2.24, 2.45) is 11.8 Å². The Bertz CT molecular complexity index is 492. The summed E-state index contributed by atoms with van der Waals surface area (Å²) in [6, 6.07) is 8.33. The number of fused-ring (bicyclic) bond motifs is 1. The van der Waals surface area contributed by atoms with E-state index in [0.717, 1.165) is 25.4 Å². The molecule has 0 unspecified atom stereocenters. The first-order valence-electron chi connectivity index (χ1n) is 8.30. The number of hydrogen-bond donors (Lipinski definition) is 2. The molecule has 2 aliphatic rings. The van der Waals surface area contributed by atoms with Crippen LogP contribution in [0.4, 0.5) is 0 Å². The lowest BCUT2D eigenvalue weighted by Gasteiger charge is -2.28. The highest BCUT2D eigenvalue weighted by Crippen LogP contribution is 2.27. The molecule has 0 radical (unpaired) electrons. The van der Waals surface area contributed by atoms with Crippen molar-refractivity contribution in [3.05, 3.63) is 35.4 Å². The second kappa shape index (κ2) is 6.61. The van der Waals surface area contributed by atoms with E-state index in [1.54, 1.807) is 0 Å². The van der Waals surface area contributed by atoms with Gasteiger partial charge >= 0.3 is 0 Å². The molecule has 1 amide bonds. The zero-order valence-electron chi connectivity index (χ0n) is 12.9. The summed E-state index contributed by atoms with van der Waals surface area (Å²) < 4.78 is 0. The van der Waals surface area contributed by atoms with Crippen molar-refractivity contribution in [2.75, 3.05) is 6.54 Å². The van der Waals surface area contributed by atoms with Crippen LogP contribution in [0.5, 0.6) is 0 Å². The number of benzene rings is 1. The molecule has 0 bridgehead atoms. The predicted octanol–water partition coefficient (Wildman–Crippen LogP) is 2.64. The molecule has 2 N–H and O–H groups in total. The second-order valence-corrected chi connectivity index (χ2v) is 6.78. The van der Waals surface area contributed by atoms with Gasteiger partial charge in [0.25, 0.3) is 0 Å². The summed E-state index contributed by atoms with van der Waals surface area (Å²) in [7, 11) is 0. The monoisotopic (exact) mass is 286 g/mol. The van der Waals surface area contributed by atoms with Crippen molar-refractivity contribution in [1.82, 2.24) is 10.6 Å². The molecule has 0 spiro atoms. The first kappa shape index (κ1) is 14.6. The van der Waals surface area contributed by atoms with Crippen molar-refractivity contribution < 1.29 is 4.79 Å². The topological polar surface area (TPSA) is 41.1 Å². The Morgan fingerprint density at radius 2 is 1.90 bits per heavy atom. The molecule has 0 saturated heterocycles. The molecule has 114 valence electrons. The average Bonchev–Trinajstić information content (AvgIpc) is 2.53. The second-order valence-electron chi connectivity index (χ2n) is 6.78. The van der Waals surface area contributed by atoms with E-state index in [1.165, 1.54) is 36.8 Å². The summed E-state index contributed by atoms with van der Waals surface area (Å²) in [6.07, 6.45) is 5.97. The van der Waals surface area contributed by atoms with E-state index >= 15 is 0 Å². The van der Waals surface area contributed by atoms with E-state index in [2.05, 4.69) is 41.8 Å². The Hall–Kier alpha value is -1.35. The summed E-state index contributed by atoms with van der Waals surface area (Å²) in [6.45, 7) is 3.98. The maximum atomic E-state index is 12.3. The number of hydrogen-bond acceptors (Lipinski definition) is 2. The van der Waals surface area contributed by atoms with E-state index in [4.69, 9.17) is 0 Å². The molecule has 3 rings (SSSR count). The predicted molar refractivity (Wildman–Crippen MR) is 84.9 cm³/mol. The summed E-state index contributed by atoms with van der Waals surface area (Å²) in [5.41, 5.74) is 2.63. The van der Waals surface area contributed by atoms with E-state index in [9.17, 15) is 4.79 Å². The molecule has 1 fully saturated rings. The Balaban J connectivity index is 1.48. The zero-order valence-corrected chi connectivity index (χ0v) is 12.9. The Labute approximate surface area is 127 Å². The molecule has 1 heterocycles. The van der Waals surface area contributed by atoms with Crippen LogP contribution < -0.4 is 10.6 Å². The third-order valence-corrected chi connectivity index (χ3v) is 5.10. The normalized spacial score (nSPS) is 28.7. The first-order chi connectivity index (χ1) is 10.2. The summed E-state index contributed by atoms with van der Waals surface area (Å²) >= 11 is 0. The third kappa shape index (κ3) is 3.65. The van der Waals surface area contributed by atoms with Gasteiger partial charge in [0.15, 0.2) is 0 Å². The number of nitrogens with one attached hydrogen (secondary N) is 2. The molecule has 21 heavy (non-hydrogen) atoms. The van der Waals surface area contributed by atoms with Crippen molar-refractivity contribution in [3.8, 4) is 0 Å². The lowest BCUT2D eigenvalue weighted by molar-refractivity contribution is -0.123. The quantitative estimate of drug-likeness (QED) is 0.897. The maximum Gasteiger partial charge on any atom is 0.237 e. The van der Waals surface area contributed by atoms with E-state index in [-0.39, 0.29) is 11.9 Å². The van der Waals surface area contributed by atoms with Crippen LogP contribution in [0.25, 0.3) is 0 Å². The average molecular weight is 286 g/mol. The van der Waals surface area contributed by atoms with Gasteiger partial charge in [0.2, 0.25) is 5.91 Å². The Kier molecular flexibility index (Phi) is 4.59.